The Morgan fingerprint density at radius 1 is 1.50 bits per heavy atom. The van der Waals surface area contributed by atoms with Gasteiger partial charge in [-0.2, -0.15) is 4.98 Å². The van der Waals surface area contributed by atoms with Crippen LogP contribution in [0.1, 0.15) is 10.7 Å². The van der Waals surface area contributed by atoms with Gasteiger partial charge in [0.15, 0.2) is 11.6 Å². The van der Waals surface area contributed by atoms with Crippen molar-refractivity contribution in [3.8, 4) is 6.01 Å². The number of aryl methyl sites for hydroxylation is 1. The minimum Gasteiger partial charge on any atom is -0.457 e. The molecule has 16 heavy (non-hydrogen) atoms. The van der Waals surface area contributed by atoms with Crippen molar-refractivity contribution in [2.45, 2.75) is 13.5 Å². The molecule has 0 fully saturated rings. The van der Waals surface area contributed by atoms with Crippen LogP contribution in [0.4, 0.5) is 10.2 Å². The first-order chi connectivity index (χ1) is 7.65. The smallest absolute Gasteiger partial charge is 0.318 e. The van der Waals surface area contributed by atoms with Gasteiger partial charge in [0.1, 0.15) is 6.61 Å². The van der Waals surface area contributed by atoms with Crippen LogP contribution in [0.5, 0.6) is 6.01 Å². The fourth-order valence-corrected chi connectivity index (χ4v) is 1.64. The van der Waals surface area contributed by atoms with Gasteiger partial charge in [-0.25, -0.2) is 14.4 Å². The Hall–Kier alpha value is -1.76. The normalized spacial score (nSPS) is 10.4. The summed E-state index contributed by atoms with van der Waals surface area (Å²) in [5.74, 6) is -0.878. The van der Waals surface area contributed by atoms with Gasteiger partial charge < -0.3 is 10.5 Å². The highest BCUT2D eigenvalue weighted by Gasteiger charge is 2.05. The van der Waals surface area contributed by atoms with Crippen molar-refractivity contribution in [2.24, 2.45) is 0 Å². The van der Waals surface area contributed by atoms with Crippen molar-refractivity contribution in [1.82, 2.24) is 15.0 Å². The highest BCUT2D eigenvalue weighted by Crippen LogP contribution is 2.12. The van der Waals surface area contributed by atoms with Crippen LogP contribution in [0.15, 0.2) is 11.6 Å². The van der Waals surface area contributed by atoms with Gasteiger partial charge in [-0.05, 0) is 6.92 Å². The lowest BCUT2D eigenvalue weighted by Crippen LogP contribution is -2.03. The zero-order chi connectivity index (χ0) is 11.5. The van der Waals surface area contributed by atoms with Crippen molar-refractivity contribution < 1.29 is 9.13 Å². The molecular weight excluding hydrogens is 231 g/mol. The summed E-state index contributed by atoms with van der Waals surface area (Å²) < 4.78 is 18.0. The van der Waals surface area contributed by atoms with Crippen molar-refractivity contribution in [1.29, 1.82) is 0 Å². The number of hydrogen-bond acceptors (Lipinski definition) is 6. The molecule has 0 atom stereocenters. The van der Waals surface area contributed by atoms with Gasteiger partial charge in [-0.1, -0.05) is 0 Å². The molecule has 5 nitrogen and oxygen atoms in total. The van der Waals surface area contributed by atoms with Crippen LogP contribution in [-0.2, 0) is 6.61 Å². The molecule has 84 valence electrons. The van der Waals surface area contributed by atoms with Gasteiger partial charge in [-0.3, -0.25) is 0 Å². The van der Waals surface area contributed by atoms with Crippen LogP contribution in [0.3, 0.4) is 0 Å². The lowest BCUT2D eigenvalue weighted by Gasteiger charge is -2.02. The number of nitrogens with two attached hydrogens (primary N) is 1. The maximum absolute atomic E-state index is 12.7. The molecule has 0 unspecified atom stereocenters. The largest absolute Gasteiger partial charge is 0.457 e. The Morgan fingerprint density at radius 3 is 2.94 bits per heavy atom. The summed E-state index contributed by atoms with van der Waals surface area (Å²) in [6, 6.07) is 0.0459. The highest BCUT2D eigenvalue weighted by molar-refractivity contribution is 7.09. The van der Waals surface area contributed by atoms with E-state index in [1.807, 2.05) is 12.3 Å². The van der Waals surface area contributed by atoms with Crippen LogP contribution < -0.4 is 10.5 Å². The summed E-state index contributed by atoms with van der Waals surface area (Å²) in [5.41, 5.74) is 6.06. The molecule has 7 heteroatoms. The van der Waals surface area contributed by atoms with Crippen LogP contribution in [0.25, 0.3) is 0 Å². The van der Waals surface area contributed by atoms with Gasteiger partial charge in [0.25, 0.3) is 0 Å². The number of hydrogen-bond donors (Lipinski definition) is 1. The fraction of sp³-hybridized carbons (Fsp3) is 0.222. The molecule has 2 aromatic rings. The van der Waals surface area contributed by atoms with Crippen molar-refractivity contribution in [3.05, 3.63) is 28.1 Å². The number of halogens is 1. The van der Waals surface area contributed by atoms with E-state index in [1.165, 1.54) is 11.3 Å². The third-order valence-electron chi connectivity index (χ3n) is 1.76. The minimum absolute atomic E-state index is 0.0459. The first-order valence-corrected chi connectivity index (χ1v) is 5.35. The molecule has 2 heterocycles. The van der Waals surface area contributed by atoms with E-state index in [9.17, 15) is 4.39 Å². The van der Waals surface area contributed by atoms with Crippen LogP contribution >= 0.6 is 11.3 Å². The maximum Gasteiger partial charge on any atom is 0.318 e. The molecule has 0 bridgehead atoms. The van der Waals surface area contributed by atoms with E-state index < -0.39 is 5.82 Å². The third-order valence-corrected chi connectivity index (χ3v) is 2.59. The Bertz CT molecular complexity index is 502. The Morgan fingerprint density at radius 2 is 2.31 bits per heavy atom. The van der Waals surface area contributed by atoms with E-state index in [-0.39, 0.29) is 18.4 Å². The molecule has 0 saturated carbocycles. The van der Waals surface area contributed by atoms with E-state index in [4.69, 9.17) is 10.5 Å². The zero-order valence-corrected chi connectivity index (χ0v) is 9.29. The summed E-state index contributed by atoms with van der Waals surface area (Å²) in [7, 11) is 0. The van der Waals surface area contributed by atoms with Gasteiger partial charge in [-0.15, -0.1) is 11.3 Å². The average molecular weight is 240 g/mol. The maximum atomic E-state index is 12.7. The predicted molar refractivity (Wildman–Crippen MR) is 57.6 cm³/mol. The van der Waals surface area contributed by atoms with E-state index in [2.05, 4.69) is 15.0 Å². The second-order valence-electron chi connectivity index (χ2n) is 3.03. The van der Waals surface area contributed by atoms with E-state index in [0.717, 1.165) is 16.9 Å². The number of thiazole rings is 1. The number of aromatic nitrogens is 3. The second kappa shape index (κ2) is 4.40. The lowest BCUT2D eigenvalue weighted by molar-refractivity contribution is 0.276. The number of anilines is 1. The van der Waals surface area contributed by atoms with E-state index in [1.54, 1.807) is 0 Å². The van der Waals surface area contributed by atoms with Crippen molar-refractivity contribution >= 4 is 17.2 Å². The molecule has 2 aromatic heterocycles. The molecule has 0 aromatic carbocycles. The van der Waals surface area contributed by atoms with Crippen molar-refractivity contribution in [2.75, 3.05) is 5.73 Å². The minimum atomic E-state index is -0.656. The number of ether oxygens (including phenoxy) is 1. The SMILES string of the molecule is Cc1nc(COc2ncc(F)c(N)n2)cs1. The number of nitrogens with zero attached hydrogens (tertiary/aromatic N) is 3. The lowest BCUT2D eigenvalue weighted by atomic mass is 10.5. The standard InChI is InChI=1S/C9H9FN4OS/c1-5-13-6(4-16-5)3-15-9-12-2-7(10)8(11)14-9/h2,4H,3H2,1H3,(H2,11,12,14). The first-order valence-electron chi connectivity index (χ1n) is 4.47. The predicted octanol–water partition coefficient (Wildman–Crippen LogP) is 1.54. The van der Waals surface area contributed by atoms with E-state index >= 15 is 0 Å². The zero-order valence-electron chi connectivity index (χ0n) is 8.48. The Labute approximate surface area is 95.1 Å². The van der Waals surface area contributed by atoms with Crippen LogP contribution in [-0.4, -0.2) is 15.0 Å². The Kier molecular flexibility index (Phi) is 2.95. The summed E-state index contributed by atoms with van der Waals surface area (Å²) in [4.78, 5) is 11.5. The van der Waals surface area contributed by atoms with Crippen LogP contribution in [0.2, 0.25) is 0 Å². The van der Waals surface area contributed by atoms with E-state index in [0.29, 0.717) is 0 Å². The molecular formula is C9H9FN4OS. The summed E-state index contributed by atoms with van der Waals surface area (Å²) >= 11 is 1.53. The summed E-state index contributed by atoms with van der Waals surface area (Å²) in [6.45, 7) is 2.15. The van der Waals surface area contributed by atoms with Gasteiger partial charge >= 0.3 is 6.01 Å². The quantitative estimate of drug-likeness (QED) is 0.880. The average Bonchev–Trinajstić information content (AvgIpc) is 2.66. The molecule has 0 aliphatic heterocycles. The summed E-state index contributed by atoms with van der Waals surface area (Å²) in [5, 5.41) is 2.83. The second-order valence-corrected chi connectivity index (χ2v) is 4.09. The summed E-state index contributed by atoms with van der Waals surface area (Å²) in [6.07, 6.45) is 0.976. The fourth-order valence-electron chi connectivity index (χ4n) is 1.05. The number of nitrogen functional groups attached to an aromatic ring is 1. The molecule has 0 radical (unpaired) electrons. The topological polar surface area (TPSA) is 73.9 Å². The molecule has 2 rings (SSSR count). The highest BCUT2D eigenvalue weighted by atomic mass is 32.1. The third kappa shape index (κ3) is 2.43. The Balaban J connectivity index is 2.02. The first kappa shape index (κ1) is 10.7. The molecule has 0 saturated heterocycles. The van der Waals surface area contributed by atoms with Crippen molar-refractivity contribution in [3.63, 3.8) is 0 Å². The van der Waals surface area contributed by atoms with Gasteiger partial charge in [0.05, 0.1) is 16.9 Å². The number of rotatable bonds is 3. The van der Waals surface area contributed by atoms with Gasteiger partial charge in [0, 0.05) is 5.38 Å². The molecule has 2 N–H and O–H groups in total. The van der Waals surface area contributed by atoms with Crippen LogP contribution in [0, 0.1) is 12.7 Å². The monoisotopic (exact) mass is 240 g/mol. The molecule has 0 aliphatic rings. The molecule has 0 aliphatic carbocycles. The van der Waals surface area contributed by atoms with Gasteiger partial charge in [0.2, 0.25) is 0 Å². The molecule has 0 amide bonds. The molecule has 0 spiro atoms.